The van der Waals surface area contributed by atoms with Gasteiger partial charge in [0.2, 0.25) is 21.8 Å². The molecule has 1 aliphatic heterocycles. The molecule has 1 aromatic carbocycles. The number of carbonyl (C=O) groups is 2. The van der Waals surface area contributed by atoms with E-state index in [1.165, 1.54) is 25.2 Å². The molecule has 138 valence electrons. The summed E-state index contributed by atoms with van der Waals surface area (Å²) in [5.41, 5.74) is 0.354. The zero-order valence-corrected chi connectivity index (χ0v) is 15.0. The Morgan fingerprint density at radius 2 is 2.08 bits per heavy atom. The van der Waals surface area contributed by atoms with Gasteiger partial charge in [0.15, 0.2) is 0 Å². The second-order valence-electron chi connectivity index (χ2n) is 5.96. The fourth-order valence-corrected chi connectivity index (χ4v) is 3.40. The predicted octanol–water partition coefficient (Wildman–Crippen LogP) is 0.0391. The van der Waals surface area contributed by atoms with Gasteiger partial charge in [-0.25, -0.2) is 13.1 Å². The van der Waals surface area contributed by atoms with Crippen LogP contribution < -0.4 is 20.7 Å². The van der Waals surface area contributed by atoms with Crippen LogP contribution in [0.5, 0.6) is 0 Å². The fourth-order valence-electron chi connectivity index (χ4n) is 2.63. The second kappa shape index (κ2) is 8.93. The van der Waals surface area contributed by atoms with Gasteiger partial charge in [0, 0.05) is 12.1 Å². The summed E-state index contributed by atoms with van der Waals surface area (Å²) in [4.78, 5) is 23.7. The van der Waals surface area contributed by atoms with E-state index in [9.17, 15) is 18.0 Å². The maximum absolute atomic E-state index is 11.9. The third-order valence-corrected chi connectivity index (χ3v) is 5.50. The molecule has 9 heteroatoms. The third kappa shape index (κ3) is 6.11. The van der Waals surface area contributed by atoms with Crippen molar-refractivity contribution in [2.24, 2.45) is 5.92 Å². The number of nitrogens with one attached hydrogen (secondary N) is 4. The number of carbonyl (C=O) groups excluding carboxylic acids is 2. The normalized spacial score (nSPS) is 17.2. The highest BCUT2D eigenvalue weighted by Crippen LogP contribution is 2.15. The fraction of sp³-hybridized carbons (Fsp3) is 0.500. The van der Waals surface area contributed by atoms with Gasteiger partial charge in [-0.3, -0.25) is 9.59 Å². The first-order valence-electron chi connectivity index (χ1n) is 8.21. The van der Waals surface area contributed by atoms with Crippen molar-refractivity contribution in [3.05, 3.63) is 24.3 Å². The number of sulfonamides is 1. The van der Waals surface area contributed by atoms with Gasteiger partial charge in [0.25, 0.3) is 0 Å². The SMILES string of the molecule is CNS(=O)(=O)c1cccc(NC(=O)CNC(=O)CCC2CCNC2)c1. The van der Waals surface area contributed by atoms with E-state index in [1.807, 2.05) is 0 Å². The molecule has 4 N–H and O–H groups in total. The summed E-state index contributed by atoms with van der Waals surface area (Å²) in [6.45, 7) is 1.79. The summed E-state index contributed by atoms with van der Waals surface area (Å²) >= 11 is 0. The van der Waals surface area contributed by atoms with Gasteiger partial charge >= 0.3 is 0 Å². The molecular formula is C16H24N4O4S. The molecule has 1 fully saturated rings. The van der Waals surface area contributed by atoms with Crippen molar-refractivity contribution in [2.45, 2.75) is 24.2 Å². The lowest BCUT2D eigenvalue weighted by Crippen LogP contribution is -2.33. The number of hydrogen-bond acceptors (Lipinski definition) is 5. The Bertz CT molecular complexity index is 715. The average Bonchev–Trinajstić information content (AvgIpc) is 3.12. The van der Waals surface area contributed by atoms with Gasteiger partial charge in [-0.15, -0.1) is 0 Å². The van der Waals surface area contributed by atoms with E-state index in [0.29, 0.717) is 18.0 Å². The largest absolute Gasteiger partial charge is 0.347 e. The first-order chi connectivity index (χ1) is 11.9. The predicted molar refractivity (Wildman–Crippen MR) is 94.5 cm³/mol. The summed E-state index contributed by atoms with van der Waals surface area (Å²) in [6.07, 6.45) is 2.29. The molecule has 2 amide bonds. The Morgan fingerprint density at radius 1 is 1.28 bits per heavy atom. The van der Waals surface area contributed by atoms with Crippen LogP contribution in [0.15, 0.2) is 29.2 Å². The monoisotopic (exact) mass is 368 g/mol. The van der Waals surface area contributed by atoms with E-state index in [-0.39, 0.29) is 17.3 Å². The first kappa shape index (κ1) is 19.4. The summed E-state index contributed by atoms with van der Waals surface area (Å²) < 4.78 is 25.7. The molecule has 0 aromatic heterocycles. The molecule has 0 aliphatic carbocycles. The molecule has 0 spiro atoms. The van der Waals surface area contributed by atoms with E-state index >= 15 is 0 Å². The average molecular weight is 368 g/mol. The molecule has 2 rings (SSSR count). The van der Waals surface area contributed by atoms with Gasteiger partial charge in [-0.05, 0) is 57.1 Å². The van der Waals surface area contributed by atoms with Gasteiger partial charge < -0.3 is 16.0 Å². The lowest BCUT2D eigenvalue weighted by atomic mass is 10.0. The quantitative estimate of drug-likeness (QED) is 0.517. The highest BCUT2D eigenvalue weighted by atomic mass is 32.2. The Morgan fingerprint density at radius 3 is 2.76 bits per heavy atom. The minimum atomic E-state index is -3.57. The lowest BCUT2D eigenvalue weighted by molar-refractivity contribution is -0.124. The van der Waals surface area contributed by atoms with Crippen molar-refractivity contribution in [1.82, 2.24) is 15.4 Å². The lowest BCUT2D eigenvalue weighted by Gasteiger charge is -2.10. The van der Waals surface area contributed by atoms with Crippen LogP contribution in [0, 0.1) is 5.92 Å². The number of rotatable bonds is 8. The van der Waals surface area contributed by atoms with E-state index in [4.69, 9.17) is 0 Å². The summed E-state index contributed by atoms with van der Waals surface area (Å²) in [6, 6.07) is 5.91. The maximum atomic E-state index is 11.9. The third-order valence-electron chi connectivity index (χ3n) is 4.08. The molecule has 0 bridgehead atoms. The van der Waals surface area contributed by atoms with Gasteiger partial charge in [-0.2, -0.15) is 0 Å². The van der Waals surface area contributed by atoms with Crippen LogP contribution in [0.4, 0.5) is 5.69 Å². The molecule has 1 aromatic rings. The number of anilines is 1. The molecule has 0 saturated carbocycles. The summed E-state index contributed by atoms with van der Waals surface area (Å²) in [5.74, 6) is -0.0418. The maximum Gasteiger partial charge on any atom is 0.243 e. The van der Waals surface area contributed by atoms with Crippen molar-refractivity contribution >= 4 is 27.5 Å². The number of amides is 2. The molecule has 1 atom stereocenters. The molecule has 0 radical (unpaired) electrons. The van der Waals surface area contributed by atoms with Crippen molar-refractivity contribution in [3.63, 3.8) is 0 Å². The molecule has 25 heavy (non-hydrogen) atoms. The van der Waals surface area contributed by atoms with E-state index in [2.05, 4.69) is 20.7 Å². The van der Waals surface area contributed by atoms with E-state index in [1.54, 1.807) is 6.07 Å². The van der Waals surface area contributed by atoms with Crippen molar-refractivity contribution in [1.29, 1.82) is 0 Å². The zero-order valence-electron chi connectivity index (χ0n) is 14.2. The molecule has 1 heterocycles. The topological polar surface area (TPSA) is 116 Å². The Kier molecular flexibility index (Phi) is 6.91. The van der Waals surface area contributed by atoms with Crippen LogP contribution >= 0.6 is 0 Å². The minimum absolute atomic E-state index is 0.0574. The Labute approximate surface area is 147 Å². The Hall–Kier alpha value is -1.97. The first-order valence-corrected chi connectivity index (χ1v) is 9.70. The molecule has 8 nitrogen and oxygen atoms in total. The van der Waals surface area contributed by atoms with Crippen LogP contribution in [-0.4, -0.2) is 46.9 Å². The smallest absolute Gasteiger partial charge is 0.243 e. The standard InChI is InChI=1S/C16H24N4O4S/c1-17-25(23,24)14-4-2-3-13(9-14)20-16(22)11-19-15(21)6-5-12-7-8-18-10-12/h2-4,9,12,17-18H,5-8,10-11H2,1H3,(H,19,21)(H,20,22). The Balaban J connectivity index is 1.78. The van der Waals surface area contributed by atoms with Gasteiger partial charge in [0.1, 0.15) is 0 Å². The molecule has 1 aliphatic rings. The van der Waals surface area contributed by atoms with Crippen LogP contribution in [0.1, 0.15) is 19.3 Å². The van der Waals surface area contributed by atoms with Crippen LogP contribution in [0.25, 0.3) is 0 Å². The molecular weight excluding hydrogens is 344 g/mol. The minimum Gasteiger partial charge on any atom is -0.347 e. The highest BCUT2D eigenvalue weighted by Gasteiger charge is 2.16. The summed E-state index contributed by atoms with van der Waals surface area (Å²) in [7, 11) is -2.26. The van der Waals surface area contributed by atoms with Crippen molar-refractivity contribution < 1.29 is 18.0 Å². The van der Waals surface area contributed by atoms with Crippen LogP contribution in [0.2, 0.25) is 0 Å². The number of benzene rings is 1. The van der Waals surface area contributed by atoms with Crippen molar-refractivity contribution in [2.75, 3.05) is 32.0 Å². The summed E-state index contributed by atoms with van der Waals surface area (Å²) in [5, 5.41) is 8.41. The van der Waals surface area contributed by atoms with E-state index < -0.39 is 15.9 Å². The van der Waals surface area contributed by atoms with Crippen molar-refractivity contribution in [3.8, 4) is 0 Å². The van der Waals surface area contributed by atoms with Crippen LogP contribution in [-0.2, 0) is 19.6 Å². The molecule has 1 saturated heterocycles. The highest BCUT2D eigenvalue weighted by molar-refractivity contribution is 7.89. The van der Waals surface area contributed by atoms with Crippen LogP contribution in [0.3, 0.4) is 0 Å². The number of hydrogen-bond donors (Lipinski definition) is 4. The van der Waals surface area contributed by atoms with Gasteiger partial charge in [-0.1, -0.05) is 6.07 Å². The molecule has 1 unspecified atom stereocenters. The van der Waals surface area contributed by atoms with Gasteiger partial charge in [0.05, 0.1) is 11.4 Å². The zero-order chi connectivity index (χ0) is 18.3. The second-order valence-corrected chi connectivity index (χ2v) is 7.84. The van der Waals surface area contributed by atoms with E-state index in [0.717, 1.165) is 25.9 Å².